The summed E-state index contributed by atoms with van der Waals surface area (Å²) in [5, 5.41) is 2.92. The standard InChI is InChI=1S/C11H13ClN4S/c1-13-11-14-6-5-10(15-11)16(2)7-8-3-4-9(12)17-8/h3-6H,7H2,1-2H3,(H,13,14,15). The number of hydrogen-bond donors (Lipinski definition) is 1. The lowest BCUT2D eigenvalue weighted by Crippen LogP contribution is -2.17. The second-order valence-corrected chi connectivity index (χ2v) is 5.35. The zero-order valence-electron chi connectivity index (χ0n) is 9.64. The van der Waals surface area contributed by atoms with Gasteiger partial charge in [-0.2, -0.15) is 4.98 Å². The molecule has 0 spiro atoms. The van der Waals surface area contributed by atoms with Gasteiger partial charge in [-0.3, -0.25) is 0 Å². The van der Waals surface area contributed by atoms with Crippen molar-refractivity contribution in [2.45, 2.75) is 6.54 Å². The molecule has 0 saturated carbocycles. The van der Waals surface area contributed by atoms with Gasteiger partial charge in [0.1, 0.15) is 5.82 Å². The zero-order valence-corrected chi connectivity index (χ0v) is 11.2. The summed E-state index contributed by atoms with van der Waals surface area (Å²) in [7, 11) is 3.80. The molecule has 2 aromatic heterocycles. The first kappa shape index (κ1) is 12.1. The van der Waals surface area contributed by atoms with Crippen LogP contribution < -0.4 is 10.2 Å². The van der Waals surface area contributed by atoms with Gasteiger partial charge in [0.2, 0.25) is 5.95 Å². The molecule has 0 aliphatic rings. The Balaban J connectivity index is 2.11. The first-order chi connectivity index (χ1) is 8.19. The van der Waals surface area contributed by atoms with E-state index >= 15 is 0 Å². The predicted molar refractivity (Wildman–Crippen MR) is 73.0 cm³/mol. The maximum atomic E-state index is 5.90. The van der Waals surface area contributed by atoms with Crippen LogP contribution in [0.3, 0.4) is 0 Å². The molecule has 0 aliphatic carbocycles. The molecule has 0 amide bonds. The van der Waals surface area contributed by atoms with Crippen molar-refractivity contribution in [1.29, 1.82) is 0 Å². The minimum absolute atomic E-state index is 0.624. The summed E-state index contributed by atoms with van der Waals surface area (Å²) in [5.74, 6) is 1.51. The van der Waals surface area contributed by atoms with E-state index in [1.807, 2.05) is 25.2 Å². The van der Waals surface area contributed by atoms with E-state index in [1.165, 1.54) is 4.88 Å². The molecule has 2 heterocycles. The predicted octanol–water partition coefficient (Wildman–Crippen LogP) is 2.87. The molecule has 0 aromatic carbocycles. The molecule has 6 heteroatoms. The van der Waals surface area contributed by atoms with Gasteiger partial charge in [0.25, 0.3) is 0 Å². The molecule has 90 valence electrons. The zero-order chi connectivity index (χ0) is 12.3. The van der Waals surface area contributed by atoms with Crippen molar-refractivity contribution in [3.63, 3.8) is 0 Å². The molecule has 0 unspecified atom stereocenters. The average Bonchev–Trinajstić information content (AvgIpc) is 2.75. The van der Waals surface area contributed by atoms with Crippen molar-refractivity contribution < 1.29 is 0 Å². The van der Waals surface area contributed by atoms with Gasteiger partial charge in [-0.25, -0.2) is 4.98 Å². The van der Waals surface area contributed by atoms with E-state index in [0.717, 1.165) is 16.7 Å². The molecule has 17 heavy (non-hydrogen) atoms. The Bertz CT molecular complexity index is 500. The Kier molecular flexibility index (Phi) is 3.81. The summed E-state index contributed by atoms with van der Waals surface area (Å²) in [4.78, 5) is 11.7. The van der Waals surface area contributed by atoms with Crippen LogP contribution in [-0.4, -0.2) is 24.1 Å². The Labute approximate surface area is 109 Å². The quantitative estimate of drug-likeness (QED) is 0.926. The van der Waals surface area contributed by atoms with Crippen molar-refractivity contribution in [1.82, 2.24) is 9.97 Å². The lowest BCUT2D eigenvalue weighted by Gasteiger charge is -2.17. The Morgan fingerprint density at radius 3 is 2.88 bits per heavy atom. The summed E-state index contributed by atoms with van der Waals surface area (Å²) >= 11 is 7.49. The smallest absolute Gasteiger partial charge is 0.224 e. The topological polar surface area (TPSA) is 41.1 Å². The molecular formula is C11H13ClN4S. The fourth-order valence-corrected chi connectivity index (χ4v) is 2.57. The minimum Gasteiger partial charge on any atom is -0.357 e. The van der Waals surface area contributed by atoms with Crippen LogP contribution in [0.4, 0.5) is 11.8 Å². The maximum absolute atomic E-state index is 5.90. The van der Waals surface area contributed by atoms with Gasteiger partial charge >= 0.3 is 0 Å². The molecule has 4 nitrogen and oxygen atoms in total. The lowest BCUT2D eigenvalue weighted by atomic mass is 10.4. The van der Waals surface area contributed by atoms with Gasteiger partial charge in [0.05, 0.1) is 10.9 Å². The number of aromatic nitrogens is 2. The molecule has 0 bridgehead atoms. The molecule has 0 aliphatic heterocycles. The van der Waals surface area contributed by atoms with Crippen molar-refractivity contribution in [2.24, 2.45) is 0 Å². The van der Waals surface area contributed by atoms with E-state index in [-0.39, 0.29) is 0 Å². The number of anilines is 2. The average molecular weight is 269 g/mol. The van der Waals surface area contributed by atoms with Crippen LogP contribution in [-0.2, 0) is 6.54 Å². The number of hydrogen-bond acceptors (Lipinski definition) is 5. The van der Waals surface area contributed by atoms with Gasteiger partial charge in [0, 0.05) is 25.2 Å². The van der Waals surface area contributed by atoms with E-state index < -0.39 is 0 Å². The summed E-state index contributed by atoms with van der Waals surface area (Å²) < 4.78 is 0.812. The SMILES string of the molecule is CNc1nccc(N(C)Cc2ccc(Cl)s2)n1. The van der Waals surface area contributed by atoms with Crippen LogP contribution >= 0.6 is 22.9 Å². The van der Waals surface area contributed by atoms with Gasteiger partial charge in [-0.05, 0) is 18.2 Å². The number of nitrogens with zero attached hydrogens (tertiary/aromatic N) is 3. The van der Waals surface area contributed by atoms with Crippen LogP contribution in [0.15, 0.2) is 24.4 Å². The summed E-state index contributed by atoms with van der Waals surface area (Å²) in [6.45, 7) is 0.789. The fourth-order valence-electron chi connectivity index (χ4n) is 1.43. The highest BCUT2D eigenvalue weighted by molar-refractivity contribution is 7.16. The molecule has 0 atom stereocenters. The van der Waals surface area contributed by atoms with Crippen LogP contribution in [0.2, 0.25) is 4.34 Å². The fraction of sp³-hybridized carbons (Fsp3) is 0.273. The van der Waals surface area contributed by atoms with E-state index in [0.29, 0.717) is 5.95 Å². The lowest BCUT2D eigenvalue weighted by molar-refractivity contribution is 0.906. The first-order valence-electron chi connectivity index (χ1n) is 5.15. The second kappa shape index (κ2) is 5.33. The number of thiophene rings is 1. The molecule has 0 saturated heterocycles. The van der Waals surface area contributed by atoms with Gasteiger partial charge < -0.3 is 10.2 Å². The van der Waals surface area contributed by atoms with Crippen molar-refractivity contribution in [3.8, 4) is 0 Å². The second-order valence-electron chi connectivity index (χ2n) is 3.55. The Hall–Kier alpha value is -1.33. The molecule has 2 rings (SSSR count). The Morgan fingerprint density at radius 2 is 2.24 bits per heavy atom. The van der Waals surface area contributed by atoms with Crippen molar-refractivity contribution in [2.75, 3.05) is 24.3 Å². The first-order valence-corrected chi connectivity index (χ1v) is 6.34. The summed E-state index contributed by atoms with van der Waals surface area (Å²) in [6.07, 6.45) is 1.74. The van der Waals surface area contributed by atoms with Gasteiger partial charge in [0.15, 0.2) is 0 Å². The molecule has 1 N–H and O–H groups in total. The van der Waals surface area contributed by atoms with Crippen molar-refractivity contribution >= 4 is 34.7 Å². The van der Waals surface area contributed by atoms with Crippen LogP contribution in [0, 0.1) is 0 Å². The van der Waals surface area contributed by atoms with E-state index in [4.69, 9.17) is 11.6 Å². The molecule has 2 aromatic rings. The van der Waals surface area contributed by atoms with Crippen LogP contribution in [0.25, 0.3) is 0 Å². The van der Waals surface area contributed by atoms with Gasteiger partial charge in [-0.15, -0.1) is 11.3 Å². The highest BCUT2D eigenvalue weighted by Gasteiger charge is 2.06. The minimum atomic E-state index is 0.624. The van der Waals surface area contributed by atoms with Crippen molar-refractivity contribution in [3.05, 3.63) is 33.6 Å². The van der Waals surface area contributed by atoms with E-state index in [9.17, 15) is 0 Å². The summed E-state index contributed by atoms with van der Waals surface area (Å²) in [5.41, 5.74) is 0. The third-order valence-electron chi connectivity index (χ3n) is 2.28. The van der Waals surface area contributed by atoms with Crippen LogP contribution in [0.5, 0.6) is 0 Å². The monoisotopic (exact) mass is 268 g/mol. The molecular weight excluding hydrogens is 256 g/mol. The third kappa shape index (κ3) is 3.08. The maximum Gasteiger partial charge on any atom is 0.224 e. The van der Waals surface area contributed by atoms with Crippen LogP contribution in [0.1, 0.15) is 4.88 Å². The Morgan fingerprint density at radius 1 is 1.41 bits per heavy atom. The third-order valence-corrected chi connectivity index (χ3v) is 3.49. The van der Waals surface area contributed by atoms with Gasteiger partial charge in [-0.1, -0.05) is 11.6 Å². The van der Waals surface area contributed by atoms with E-state index in [1.54, 1.807) is 24.6 Å². The number of nitrogens with one attached hydrogen (secondary N) is 1. The highest BCUT2D eigenvalue weighted by Crippen LogP contribution is 2.23. The largest absolute Gasteiger partial charge is 0.357 e. The number of rotatable bonds is 4. The normalized spacial score (nSPS) is 10.3. The molecule has 0 radical (unpaired) electrons. The number of halogens is 1. The van der Waals surface area contributed by atoms with E-state index in [2.05, 4.69) is 20.2 Å². The highest BCUT2D eigenvalue weighted by atomic mass is 35.5. The molecule has 0 fully saturated rings. The summed E-state index contributed by atoms with van der Waals surface area (Å²) in [6, 6.07) is 5.83.